The Bertz CT molecular complexity index is 1360. The second-order valence-corrected chi connectivity index (χ2v) is 10.6. The summed E-state index contributed by atoms with van der Waals surface area (Å²) in [6.45, 7) is 5.89. The van der Waals surface area contributed by atoms with Gasteiger partial charge in [-0.1, -0.05) is 43.7 Å². The van der Waals surface area contributed by atoms with Crippen LogP contribution in [0, 0.1) is 6.92 Å². The van der Waals surface area contributed by atoms with Gasteiger partial charge in [0, 0.05) is 34.6 Å². The first-order valence-corrected chi connectivity index (χ1v) is 11.5. The number of aromatic nitrogens is 1. The van der Waals surface area contributed by atoms with Crippen LogP contribution in [0.15, 0.2) is 59.1 Å². The lowest BCUT2D eigenvalue weighted by molar-refractivity contribution is -0.114. The molecule has 1 N–H and O–H groups in total. The fourth-order valence-electron chi connectivity index (χ4n) is 5.01. The molecule has 3 aromatic rings. The minimum atomic E-state index is -3.85. The Morgan fingerprint density at radius 2 is 1.80 bits per heavy atom. The van der Waals surface area contributed by atoms with Crippen LogP contribution in [-0.4, -0.2) is 29.4 Å². The van der Waals surface area contributed by atoms with E-state index in [2.05, 4.69) is 0 Å². The summed E-state index contributed by atoms with van der Waals surface area (Å²) in [6.07, 6.45) is 1.50. The standard InChI is InChI=1S/C24H23NO4S/c1-14-7-9-15(10-8-14)30(28,29)25-13-16-21-17(5-4-6-18(21)25)24(2,3)23-20(27)12-11-19(26)22(16)23/h4-10,13,20,27H,11-12H2,1-3H3. The molecule has 0 bridgehead atoms. The van der Waals surface area contributed by atoms with Crippen molar-refractivity contribution in [1.29, 1.82) is 0 Å². The minimum absolute atomic E-state index is 0.0374. The average molecular weight is 422 g/mol. The van der Waals surface area contributed by atoms with Gasteiger partial charge in [-0.05, 0) is 42.7 Å². The highest BCUT2D eigenvalue weighted by Gasteiger charge is 2.44. The molecule has 1 aromatic heterocycles. The van der Waals surface area contributed by atoms with Gasteiger partial charge in [0.25, 0.3) is 10.0 Å². The van der Waals surface area contributed by atoms with Gasteiger partial charge in [0.15, 0.2) is 5.78 Å². The highest BCUT2D eigenvalue weighted by molar-refractivity contribution is 7.90. The number of hydrogen-bond acceptors (Lipinski definition) is 4. The van der Waals surface area contributed by atoms with Gasteiger partial charge in [-0.2, -0.15) is 0 Å². The number of hydrogen-bond donors (Lipinski definition) is 1. The molecule has 30 heavy (non-hydrogen) atoms. The fraction of sp³-hybridized carbons (Fsp3) is 0.292. The number of aliphatic hydroxyl groups excluding tert-OH is 1. The monoisotopic (exact) mass is 421 g/mol. The molecular formula is C24H23NO4S. The molecular weight excluding hydrogens is 398 g/mol. The Balaban J connectivity index is 1.87. The van der Waals surface area contributed by atoms with Crippen molar-refractivity contribution in [2.45, 2.75) is 50.0 Å². The first-order valence-electron chi connectivity index (χ1n) is 10.1. The van der Waals surface area contributed by atoms with E-state index < -0.39 is 21.5 Å². The summed E-state index contributed by atoms with van der Waals surface area (Å²) in [7, 11) is -3.85. The minimum Gasteiger partial charge on any atom is -0.389 e. The van der Waals surface area contributed by atoms with E-state index in [9.17, 15) is 18.3 Å². The summed E-state index contributed by atoms with van der Waals surface area (Å²) in [5, 5.41) is 11.6. The molecule has 2 aliphatic carbocycles. The Kier molecular flexibility index (Phi) is 3.95. The number of aliphatic hydroxyl groups is 1. The highest BCUT2D eigenvalue weighted by atomic mass is 32.2. The molecule has 2 aromatic carbocycles. The van der Waals surface area contributed by atoms with E-state index in [1.54, 1.807) is 36.5 Å². The van der Waals surface area contributed by atoms with E-state index in [0.717, 1.165) is 16.5 Å². The van der Waals surface area contributed by atoms with Crippen LogP contribution in [0.3, 0.4) is 0 Å². The lowest BCUT2D eigenvalue weighted by Gasteiger charge is -2.40. The maximum Gasteiger partial charge on any atom is 0.268 e. The normalized spacial score (nSPS) is 20.5. The van der Waals surface area contributed by atoms with Crippen LogP contribution in [0.5, 0.6) is 0 Å². The zero-order valence-corrected chi connectivity index (χ0v) is 18.0. The second kappa shape index (κ2) is 6.15. The predicted octanol–water partition coefficient (Wildman–Crippen LogP) is 3.96. The lowest BCUT2D eigenvalue weighted by atomic mass is 9.64. The molecule has 0 saturated heterocycles. The van der Waals surface area contributed by atoms with Crippen molar-refractivity contribution in [3.05, 3.63) is 70.9 Å². The summed E-state index contributed by atoms with van der Waals surface area (Å²) in [6, 6.07) is 12.3. The van der Waals surface area contributed by atoms with E-state index in [0.29, 0.717) is 28.6 Å². The van der Waals surface area contributed by atoms with Gasteiger partial charge < -0.3 is 5.11 Å². The molecule has 6 heteroatoms. The summed E-state index contributed by atoms with van der Waals surface area (Å²) in [5.74, 6) is -0.0374. The van der Waals surface area contributed by atoms with Crippen molar-refractivity contribution >= 4 is 32.3 Å². The molecule has 5 rings (SSSR count). The molecule has 2 aliphatic rings. The molecule has 5 nitrogen and oxygen atoms in total. The molecule has 1 heterocycles. The van der Waals surface area contributed by atoms with Gasteiger partial charge in [0.1, 0.15) is 0 Å². The number of carbonyl (C=O) groups is 1. The van der Waals surface area contributed by atoms with Crippen LogP contribution >= 0.6 is 0 Å². The van der Waals surface area contributed by atoms with Crippen molar-refractivity contribution in [2.75, 3.05) is 0 Å². The summed E-state index contributed by atoms with van der Waals surface area (Å²) >= 11 is 0. The second-order valence-electron chi connectivity index (χ2n) is 8.75. The van der Waals surface area contributed by atoms with Gasteiger partial charge in [-0.15, -0.1) is 0 Å². The van der Waals surface area contributed by atoms with Crippen LogP contribution in [0.2, 0.25) is 0 Å². The average Bonchev–Trinajstić information content (AvgIpc) is 3.09. The topological polar surface area (TPSA) is 76.4 Å². The van der Waals surface area contributed by atoms with Gasteiger partial charge in [-0.25, -0.2) is 12.4 Å². The maximum absolute atomic E-state index is 13.5. The molecule has 1 atom stereocenters. The smallest absolute Gasteiger partial charge is 0.268 e. The third-order valence-corrected chi connectivity index (χ3v) is 8.20. The van der Waals surface area contributed by atoms with Crippen molar-refractivity contribution < 1.29 is 18.3 Å². The molecule has 0 spiro atoms. The van der Waals surface area contributed by atoms with Crippen LogP contribution in [0.1, 0.15) is 43.4 Å². The van der Waals surface area contributed by atoms with Crippen molar-refractivity contribution in [1.82, 2.24) is 3.97 Å². The third-order valence-electron chi connectivity index (χ3n) is 6.52. The Morgan fingerprint density at radius 3 is 2.50 bits per heavy atom. The van der Waals surface area contributed by atoms with Crippen LogP contribution in [-0.2, 0) is 20.2 Å². The Labute approximate surface area is 175 Å². The van der Waals surface area contributed by atoms with E-state index in [1.165, 1.54) is 3.97 Å². The predicted molar refractivity (Wildman–Crippen MR) is 116 cm³/mol. The summed E-state index contributed by atoms with van der Waals surface area (Å²) in [5.41, 5.74) is 3.68. The number of allylic oxidation sites excluding steroid dienone is 1. The van der Waals surface area contributed by atoms with Crippen LogP contribution < -0.4 is 0 Å². The quantitative estimate of drug-likeness (QED) is 0.680. The Hall–Kier alpha value is -2.70. The van der Waals surface area contributed by atoms with Gasteiger partial charge in [0.05, 0.1) is 16.5 Å². The zero-order valence-electron chi connectivity index (χ0n) is 17.1. The number of nitrogens with zero attached hydrogens (tertiary/aromatic N) is 1. The molecule has 1 unspecified atom stereocenters. The molecule has 0 saturated carbocycles. The first-order chi connectivity index (χ1) is 14.1. The number of carbonyl (C=O) groups excluding carboxylic acids is 1. The molecule has 0 fully saturated rings. The number of rotatable bonds is 2. The number of Topliss-reactive ketones (excluding diaryl/α,β-unsaturated/α-hetero) is 1. The molecule has 0 aliphatic heterocycles. The Morgan fingerprint density at radius 1 is 1.10 bits per heavy atom. The van der Waals surface area contributed by atoms with E-state index in [-0.39, 0.29) is 17.1 Å². The first kappa shape index (κ1) is 19.3. The SMILES string of the molecule is Cc1ccc(S(=O)(=O)n2cc3c4c(cccc42)C(C)(C)C2=C3C(=O)CCC2O)cc1. The maximum atomic E-state index is 13.5. The van der Waals surface area contributed by atoms with Gasteiger partial charge in [0.2, 0.25) is 0 Å². The number of benzene rings is 2. The van der Waals surface area contributed by atoms with Gasteiger partial charge in [-0.3, -0.25) is 4.79 Å². The molecule has 0 amide bonds. The highest BCUT2D eigenvalue weighted by Crippen LogP contribution is 2.51. The van der Waals surface area contributed by atoms with Crippen molar-refractivity contribution in [2.24, 2.45) is 0 Å². The van der Waals surface area contributed by atoms with Crippen molar-refractivity contribution in [3.63, 3.8) is 0 Å². The zero-order chi connectivity index (χ0) is 21.4. The third kappa shape index (κ3) is 2.44. The lowest BCUT2D eigenvalue weighted by Crippen LogP contribution is -2.36. The van der Waals surface area contributed by atoms with E-state index in [1.807, 2.05) is 32.9 Å². The van der Waals surface area contributed by atoms with E-state index >= 15 is 0 Å². The molecule has 0 radical (unpaired) electrons. The number of fused-ring (bicyclic) bond motifs is 1. The molecule has 154 valence electrons. The summed E-state index contributed by atoms with van der Waals surface area (Å²) < 4.78 is 28.3. The van der Waals surface area contributed by atoms with E-state index in [4.69, 9.17) is 0 Å². The van der Waals surface area contributed by atoms with Crippen LogP contribution in [0.4, 0.5) is 0 Å². The fourth-order valence-corrected chi connectivity index (χ4v) is 6.38. The number of aryl methyl sites for hydroxylation is 1. The summed E-state index contributed by atoms with van der Waals surface area (Å²) in [4.78, 5) is 13.1. The number of ketones is 1. The van der Waals surface area contributed by atoms with Crippen LogP contribution in [0.25, 0.3) is 16.5 Å². The largest absolute Gasteiger partial charge is 0.389 e. The van der Waals surface area contributed by atoms with Crippen molar-refractivity contribution in [3.8, 4) is 0 Å². The van der Waals surface area contributed by atoms with Gasteiger partial charge >= 0.3 is 0 Å².